The van der Waals surface area contributed by atoms with Gasteiger partial charge in [0.25, 0.3) is 0 Å². The summed E-state index contributed by atoms with van der Waals surface area (Å²) in [5, 5.41) is 11.2. The number of carbonyl (C=O) groups excluding carboxylic acids is 2. The lowest BCUT2D eigenvalue weighted by Gasteiger charge is -2.15. The summed E-state index contributed by atoms with van der Waals surface area (Å²) in [6.45, 7) is 3.71. The summed E-state index contributed by atoms with van der Waals surface area (Å²) >= 11 is 0. The normalized spacial score (nSPS) is 12.5. The average Bonchev–Trinajstić information content (AvgIpc) is 2.24. The largest absolute Gasteiger partial charge is 0.480 e. The van der Waals surface area contributed by atoms with Crippen molar-refractivity contribution in [2.75, 3.05) is 7.11 Å². The zero-order valence-corrected chi connectivity index (χ0v) is 10.1. The van der Waals surface area contributed by atoms with Crippen LogP contribution in [0.4, 0.5) is 0 Å². The minimum Gasteiger partial charge on any atom is -0.480 e. The van der Waals surface area contributed by atoms with E-state index >= 15 is 0 Å². The molecule has 0 spiro atoms. The molecule has 6 nitrogen and oxygen atoms in total. The summed E-state index contributed by atoms with van der Waals surface area (Å²) in [6.07, 6.45) is 2.21. The van der Waals surface area contributed by atoms with Crippen LogP contribution in [0.5, 0.6) is 0 Å². The maximum Gasteiger partial charge on any atom is 0.330 e. The highest BCUT2D eigenvalue weighted by molar-refractivity contribution is 5.96. The molecule has 1 amide bonds. The highest BCUT2D eigenvalue weighted by Gasteiger charge is 2.19. The first-order chi connectivity index (χ1) is 7.86. The summed E-state index contributed by atoms with van der Waals surface area (Å²) in [6, 6.07) is -0.954. The van der Waals surface area contributed by atoms with Gasteiger partial charge in [0.15, 0.2) is 0 Å². The fraction of sp³-hybridized carbons (Fsp3) is 0.545. The molecule has 0 saturated heterocycles. The molecule has 0 heterocycles. The van der Waals surface area contributed by atoms with Crippen molar-refractivity contribution in [1.82, 2.24) is 5.32 Å². The number of rotatable bonds is 6. The van der Waals surface area contributed by atoms with E-state index in [4.69, 9.17) is 5.11 Å². The fourth-order valence-electron chi connectivity index (χ4n) is 1.12. The number of carbonyl (C=O) groups is 3. The van der Waals surface area contributed by atoms with Crippen LogP contribution < -0.4 is 5.32 Å². The minimum absolute atomic E-state index is 0.140. The zero-order valence-electron chi connectivity index (χ0n) is 10.1. The number of hydrogen-bond donors (Lipinski definition) is 2. The SMILES string of the molecule is COC(=O)C=CC(=O)NC(CC(C)C)C(=O)O. The molecule has 6 heteroatoms. The van der Waals surface area contributed by atoms with E-state index in [0.29, 0.717) is 6.42 Å². The van der Waals surface area contributed by atoms with Crippen molar-refractivity contribution in [2.45, 2.75) is 26.3 Å². The Kier molecular flexibility index (Phi) is 6.62. The van der Waals surface area contributed by atoms with E-state index in [0.717, 1.165) is 12.2 Å². The third kappa shape index (κ3) is 7.10. The summed E-state index contributed by atoms with van der Waals surface area (Å²) < 4.78 is 4.30. The van der Waals surface area contributed by atoms with Gasteiger partial charge in [-0.05, 0) is 12.3 Å². The lowest BCUT2D eigenvalue weighted by atomic mass is 10.0. The smallest absolute Gasteiger partial charge is 0.330 e. The van der Waals surface area contributed by atoms with Crippen LogP contribution in [-0.4, -0.2) is 36.1 Å². The number of esters is 1. The molecule has 0 aromatic heterocycles. The number of aliphatic carboxylic acids is 1. The van der Waals surface area contributed by atoms with E-state index in [1.54, 1.807) is 0 Å². The summed E-state index contributed by atoms with van der Waals surface area (Å²) in [4.78, 5) is 32.8. The molecule has 2 N–H and O–H groups in total. The Morgan fingerprint density at radius 3 is 2.29 bits per heavy atom. The zero-order chi connectivity index (χ0) is 13.4. The highest BCUT2D eigenvalue weighted by Crippen LogP contribution is 2.04. The van der Waals surface area contributed by atoms with E-state index in [1.165, 1.54) is 7.11 Å². The molecule has 0 bridgehead atoms. The van der Waals surface area contributed by atoms with Crippen LogP contribution in [0, 0.1) is 5.92 Å². The molecule has 1 atom stereocenters. The predicted molar refractivity (Wildman–Crippen MR) is 60.2 cm³/mol. The van der Waals surface area contributed by atoms with Gasteiger partial charge in [0.1, 0.15) is 6.04 Å². The first kappa shape index (κ1) is 15.2. The van der Waals surface area contributed by atoms with E-state index in [9.17, 15) is 14.4 Å². The molecule has 0 aromatic carbocycles. The molecule has 1 unspecified atom stereocenters. The Labute approximate surface area is 99.6 Å². The van der Waals surface area contributed by atoms with Gasteiger partial charge < -0.3 is 15.2 Å². The van der Waals surface area contributed by atoms with Gasteiger partial charge in [-0.3, -0.25) is 4.79 Å². The van der Waals surface area contributed by atoms with Crippen LogP contribution in [0.3, 0.4) is 0 Å². The second-order valence-corrected chi connectivity index (χ2v) is 3.89. The number of amides is 1. The third-order valence-electron chi connectivity index (χ3n) is 1.89. The van der Waals surface area contributed by atoms with Crippen LogP contribution in [0.1, 0.15) is 20.3 Å². The Hall–Kier alpha value is -1.85. The van der Waals surface area contributed by atoms with Gasteiger partial charge in [-0.15, -0.1) is 0 Å². The topological polar surface area (TPSA) is 92.7 Å². The molecule has 17 heavy (non-hydrogen) atoms. The lowest BCUT2D eigenvalue weighted by molar-refractivity contribution is -0.141. The molecule has 0 aliphatic carbocycles. The number of ether oxygens (including phenoxy) is 1. The monoisotopic (exact) mass is 243 g/mol. The average molecular weight is 243 g/mol. The Morgan fingerprint density at radius 1 is 1.29 bits per heavy atom. The molecule has 0 fully saturated rings. The van der Waals surface area contributed by atoms with Gasteiger partial charge in [0, 0.05) is 12.2 Å². The van der Waals surface area contributed by atoms with Gasteiger partial charge in [-0.2, -0.15) is 0 Å². The van der Waals surface area contributed by atoms with Gasteiger partial charge in [-0.25, -0.2) is 9.59 Å². The molecule has 0 aromatic rings. The second-order valence-electron chi connectivity index (χ2n) is 3.89. The van der Waals surface area contributed by atoms with Crippen molar-refractivity contribution < 1.29 is 24.2 Å². The van der Waals surface area contributed by atoms with Gasteiger partial charge in [-0.1, -0.05) is 13.8 Å². The van der Waals surface area contributed by atoms with Crippen LogP contribution >= 0.6 is 0 Å². The van der Waals surface area contributed by atoms with Gasteiger partial charge >= 0.3 is 11.9 Å². The predicted octanol–water partition coefficient (Wildman–Crippen LogP) is 0.331. The quantitative estimate of drug-likeness (QED) is 0.518. The van der Waals surface area contributed by atoms with Crippen molar-refractivity contribution in [1.29, 1.82) is 0 Å². The second kappa shape index (κ2) is 7.43. The third-order valence-corrected chi connectivity index (χ3v) is 1.89. The first-order valence-corrected chi connectivity index (χ1v) is 5.16. The summed E-state index contributed by atoms with van der Waals surface area (Å²) in [5.74, 6) is -2.26. The van der Waals surface area contributed by atoms with Crippen molar-refractivity contribution in [2.24, 2.45) is 5.92 Å². The highest BCUT2D eigenvalue weighted by atomic mass is 16.5. The number of carboxylic acids is 1. The van der Waals surface area contributed by atoms with Crippen molar-refractivity contribution in [3.8, 4) is 0 Å². The van der Waals surface area contributed by atoms with Crippen molar-refractivity contribution in [3.63, 3.8) is 0 Å². The van der Waals surface area contributed by atoms with Crippen LogP contribution in [-0.2, 0) is 19.1 Å². The minimum atomic E-state index is -1.10. The molecule has 0 aliphatic rings. The maximum atomic E-state index is 11.3. The lowest BCUT2D eigenvalue weighted by Crippen LogP contribution is -2.40. The van der Waals surface area contributed by atoms with E-state index in [2.05, 4.69) is 10.1 Å². The maximum absolute atomic E-state index is 11.3. The molecule has 0 rings (SSSR count). The van der Waals surface area contributed by atoms with Crippen molar-refractivity contribution >= 4 is 17.8 Å². The first-order valence-electron chi connectivity index (χ1n) is 5.16. The molecule has 0 aliphatic heterocycles. The molecular weight excluding hydrogens is 226 g/mol. The number of carboxylic acid groups (broad SMARTS) is 1. The summed E-state index contributed by atoms with van der Waals surface area (Å²) in [7, 11) is 1.18. The van der Waals surface area contributed by atoms with E-state index in [-0.39, 0.29) is 5.92 Å². The number of nitrogens with one attached hydrogen (secondary N) is 1. The van der Waals surface area contributed by atoms with Crippen LogP contribution in [0.2, 0.25) is 0 Å². The Bertz CT molecular complexity index is 322. The van der Waals surface area contributed by atoms with Crippen molar-refractivity contribution in [3.05, 3.63) is 12.2 Å². The standard InChI is InChI=1S/C11H17NO5/c1-7(2)6-8(11(15)16)12-9(13)4-5-10(14)17-3/h4-5,7-8H,6H2,1-3H3,(H,12,13)(H,15,16). The van der Waals surface area contributed by atoms with E-state index < -0.39 is 23.9 Å². The van der Waals surface area contributed by atoms with E-state index in [1.807, 2.05) is 13.8 Å². The van der Waals surface area contributed by atoms with Gasteiger partial charge in [0.2, 0.25) is 5.91 Å². The summed E-state index contributed by atoms with van der Waals surface area (Å²) in [5.41, 5.74) is 0. The van der Waals surface area contributed by atoms with Crippen LogP contribution in [0.15, 0.2) is 12.2 Å². The number of methoxy groups -OCH3 is 1. The Morgan fingerprint density at radius 2 is 1.88 bits per heavy atom. The number of hydrogen-bond acceptors (Lipinski definition) is 4. The van der Waals surface area contributed by atoms with Crippen LogP contribution in [0.25, 0.3) is 0 Å². The molecule has 0 saturated carbocycles. The van der Waals surface area contributed by atoms with Gasteiger partial charge in [0.05, 0.1) is 7.11 Å². The Balaban J connectivity index is 4.36. The fourth-order valence-corrected chi connectivity index (χ4v) is 1.12. The molecule has 0 radical (unpaired) electrons. The molecular formula is C11H17NO5. The molecule has 96 valence electrons.